The highest BCUT2D eigenvalue weighted by Gasteiger charge is 2.25. The van der Waals surface area contributed by atoms with Gasteiger partial charge in [-0.25, -0.2) is 8.42 Å². The van der Waals surface area contributed by atoms with Crippen LogP contribution in [-0.2, 0) is 21.2 Å². The van der Waals surface area contributed by atoms with Gasteiger partial charge in [-0.1, -0.05) is 31.5 Å². The normalized spacial score (nSPS) is 15.1. The van der Waals surface area contributed by atoms with E-state index in [1.165, 1.54) is 16.4 Å². The molecule has 156 valence electrons. The second-order valence-corrected chi connectivity index (χ2v) is 9.17. The van der Waals surface area contributed by atoms with Gasteiger partial charge in [-0.3, -0.25) is 4.79 Å². The summed E-state index contributed by atoms with van der Waals surface area (Å²) >= 11 is 0. The summed E-state index contributed by atoms with van der Waals surface area (Å²) in [5.74, 6) is 0.206. The fraction of sp³-hybridized carbons (Fsp3) is 0.409. The number of carbonyl (C=O) groups excluding carboxylic acids is 1. The Morgan fingerprint density at radius 2 is 1.76 bits per heavy atom. The first-order valence-corrected chi connectivity index (χ1v) is 11.5. The number of amides is 1. The van der Waals surface area contributed by atoms with Gasteiger partial charge in [-0.15, -0.1) is 0 Å². The zero-order valence-corrected chi connectivity index (χ0v) is 17.8. The smallest absolute Gasteiger partial charge is 0.262 e. The summed E-state index contributed by atoms with van der Waals surface area (Å²) in [5.41, 5.74) is 2.90. The fourth-order valence-electron chi connectivity index (χ4n) is 3.49. The molecule has 0 aliphatic carbocycles. The van der Waals surface area contributed by atoms with Gasteiger partial charge in [0.15, 0.2) is 6.61 Å². The lowest BCUT2D eigenvalue weighted by Crippen LogP contribution is -2.35. The molecule has 7 heteroatoms. The number of nitrogens with zero attached hydrogens (tertiary/aromatic N) is 1. The Bertz CT molecular complexity index is 949. The first-order valence-electron chi connectivity index (χ1n) is 10.0. The van der Waals surface area contributed by atoms with Crippen molar-refractivity contribution in [3.8, 4) is 5.75 Å². The van der Waals surface area contributed by atoms with Crippen LogP contribution >= 0.6 is 0 Å². The first kappa shape index (κ1) is 21.3. The van der Waals surface area contributed by atoms with Gasteiger partial charge in [-0.2, -0.15) is 4.31 Å². The Morgan fingerprint density at radius 1 is 1.07 bits per heavy atom. The second-order valence-electron chi connectivity index (χ2n) is 7.24. The molecule has 0 spiro atoms. The van der Waals surface area contributed by atoms with Gasteiger partial charge in [0.1, 0.15) is 5.75 Å². The average molecular weight is 417 g/mol. The van der Waals surface area contributed by atoms with Crippen molar-refractivity contribution >= 4 is 21.6 Å². The van der Waals surface area contributed by atoms with Crippen molar-refractivity contribution in [2.75, 3.05) is 25.0 Å². The molecule has 0 saturated carbocycles. The Balaban J connectivity index is 1.60. The lowest BCUT2D eigenvalue weighted by Gasteiger charge is -2.25. The largest absolute Gasteiger partial charge is 0.484 e. The number of sulfonamides is 1. The molecule has 29 heavy (non-hydrogen) atoms. The molecule has 1 fully saturated rings. The lowest BCUT2D eigenvalue weighted by molar-refractivity contribution is -0.118. The molecule has 0 bridgehead atoms. The van der Waals surface area contributed by atoms with Crippen molar-refractivity contribution in [3.63, 3.8) is 0 Å². The van der Waals surface area contributed by atoms with E-state index in [0.29, 0.717) is 18.8 Å². The number of aryl methyl sites for hydroxylation is 2. The van der Waals surface area contributed by atoms with Gasteiger partial charge in [0, 0.05) is 18.8 Å². The molecule has 1 aliphatic heterocycles. The number of nitrogens with one attached hydrogen (secondary N) is 1. The molecule has 1 N–H and O–H groups in total. The number of rotatable bonds is 7. The SMILES string of the molecule is CCc1cccc(C)c1NC(=O)COc1ccc(S(=O)(=O)N2CCCCC2)cc1. The summed E-state index contributed by atoms with van der Waals surface area (Å²) in [7, 11) is -3.46. The predicted octanol–water partition coefficient (Wildman–Crippen LogP) is 3.75. The molecule has 6 nitrogen and oxygen atoms in total. The molecule has 1 heterocycles. The number of anilines is 1. The fourth-order valence-corrected chi connectivity index (χ4v) is 5.01. The summed E-state index contributed by atoms with van der Waals surface area (Å²) in [6.07, 6.45) is 3.70. The maximum Gasteiger partial charge on any atom is 0.262 e. The molecule has 1 aliphatic rings. The van der Waals surface area contributed by atoms with Crippen LogP contribution in [0.2, 0.25) is 0 Å². The third kappa shape index (κ3) is 5.16. The number of benzene rings is 2. The highest BCUT2D eigenvalue weighted by molar-refractivity contribution is 7.89. The summed E-state index contributed by atoms with van der Waals surface area (Å²) in [4.78, 5) is 12.6. The van der Waals surface area contributed by atoms with Gasteiger partial charge in [0.2, 0.25) is 10.0 Å². The van der Waals surface area contributed by atoms with E-state index >= 15 is 0 Å². The van der Waals surface area contributed by atoms with Crippen LogP contribution < -0.4 is 10.1 Å². The molecule has 3 rings (SSSR count). The van der Waals surface area contributed by atoms with Crippen LogP contribution in [0.15, 0.2) is 47.4 Å². The van der Waals surface area contributed by atoms with E-state index in [1.807, 2.05) is 32.0 Å². The van der Waals surface area contributed by atoms with Crippen molar-refractivity contribution in [1.82, 2.24) is 4.31 Å². The molecule has 2 aromatic rings. The van der Waals surface area contributed by atoms with E-state index in [2.05, 4.69) is 5.32 Å². The highest BCUT2D eigenvalue weighted by Crippen LogP contribution is 2.23. The average Bonchev–Trinajstić information content (AvgIpc) is 2.74. The lowest BCUT2D eigenvalue weighted by atomic mass is 10.1. The van der Waals surface area contributed by atoms with E-state index in [4.69, 9.17) is 4.74 Å². The molecular weight excluding hydrogens is 388 g/mol. The number of para-hydroxylation sites is 1. The van der Waals surface area contributed by atoms with Crippen molar-refractivity contribution in [3.05, 3.63) is 53.6 Å². The second kappa shape index (κ2) is 9.41. The number of carbonyl (C=O) groups is 1. The molecular formula is C22H28N2O4S. The van der Waals surface area contributed by atoms with E-state index in [-0.39, 0.29) is 17.4 Å². The maximum absolute atomic E-state index is 12.7. The zero-order chi connectivity index (χ0) is 20.9. The number of hydrogen-bond acceptors (Lipinski definition) is 4. The van der Waals surface area contributed by atoms with Crippen LogP contribution in [0.1, 0.15) is 37.3 Å². The van der Waals surface area contributed by atoms with Crippen LogP contribution in [-0.4, -0.2) is 38.3 Å². The van der Waals surface area contributed by atoms with Crippen molar-refractivity contribution in [1.29, 1.82) is 0 Å². The standard InChI is InChI=1S/C22H28N2O4S/c1-3-18-9-7-8-17(2)22(18)23-21(25)16-28-19-10-12-20(13-11-19)29(26,27)24-14-5-4-6-15-24/h7-13H,3-6,14-16H2,1-2H3,(H,23,25). The number of hydrogen-bond donors (Lipinski definition) is 1. The zero-order valence-electron chi connectivity index (χ0n) is 17.0. The molecule has 1 amide bonds. The molecule has 0 aromatic heterocycles. The summed E-state index contributed by atoms with van der Waals surface area (Å²) in [5, 5.41) is 2.91. The minimum Gasteiger partial charge on any atom is -0.484 e. The monoisotopic (exact) mass is 416 g/mol. The summed E-state index contributed by atoms with van der Waals surface area (Å²) in [6.45, 7) is 4.99. The minimum atomic E-state index is -3.46. The Kier molecular flexibility index (Phi) is 6.92. The van der Waals surface area contributed by atoms with Gasteiger partial charge in [0.25, 0.3) is 5.91 Å². The molecule has 1 saturated heterocycles. The Hall–Kier alpha value is -2.38. The van der Waals surface area contributed by atoms with E-state index in [0.717, 1.165) is 42.5 Å². The Morgan fingerprint density at radius 3 is 2.41 bits per heavy atom. The third-order valence-corrected chi connectivity index (χ3v) is 7.06. The quantitative estimate of drug-likeness (QED) is 0.746. The minimum absolute atomic E-state index is 0.143. The van der Waals surface area contributed by atoms with Crippen LogP contribution in [0.25, 0.3) is 0 Å². The van der Waals surface area contributed by atoms with Crippen molar-refractivity contribution in [2.45, 2.75) is 44.4 Å². The summed E-state index contributed by atoms with van der Waals surface area (Å²) in [6, 6.07) is 12.2. The van der Waals surface area contributed by atoms with Gasteiger partial charge in [-0.05, 0) is 61.6 Å². The Labute approximate surface area is 172 Å². The third-order valence-electron chi connectivity index (χ3n) is 5.15. The molecule has 2 aromatic carbocycles. The maximum atomic E-state index is 12.7. The van der Waals surface area contributed by atoms with Gasteiger partial charge >= 0.3 is 0 Å². The van der Waals surface area contributed by atoms with Crippen LogP contribution in [0.4, 0.5) is 5.69 Å². The molecule has 0 unspecified atom stereocenters. The van der Waals surface area contributed by atoms with E-state index in [9.17, 15) is 13.2 Å². The van der Waals surface area contributed by atoms with Crippen LogP contribution in [0.3, 0.4) is 0 Å². The number of piperidine rings is 1. The molecule has 0 radical (unpaired) electrons. The topological polar surface area (TPSA) is 75.7 Å². The van der Waals surface area contributed by atoms with Crippen molar-refractivity contribution in [2.24, 2.45) is 0 Å². The van der Waals surface area contributed by atoms with Crippen molar-refractivity contribution < 1.29 is 17.9 Å². The predicted molar refractivity (Wildman–Crippen MR) is 114 cm³/mol. The molecule has 0 atom stereocenters. The van der Waals surface area contributed by atoms with E-state index in [1.54, 1.807) is 12.1 Å². The number of ether oxygens (including phenoxy) is 1. The van der Waals surface area contributed by atoms with Gasteiger partial charge in [0.05, 0.1) is 4.90 Å². The first-order chi connectivity index (χ1) is 13.9. The van der Waals surface area contributed by atoms with Gasteiger partial charge < -0.3 is 10.1 Å². The van der Waals surface area contributed by atoms with Crippen LogP contribution in [0.5, 0.6) is 5.75 Å². The van der Waals surface area contributed by atoms with Crippen LogP contribution in [0, 0.1) is 6.92 Å². The summed E-state index contributed by atoms with van der Waals surface area (Å²) < 4.78 is 32.4. The highest BCUT2D eigenvalue weighted by atomic mass is 32.2. The van der Waals surface area contributed by atoms with E-state index < -0.39 is 10.0 Å².